The molecule has 2 atom stereocenters. The maximum Gasteiger partial charge on any atom is 0.330 e. The average molecular weight is 378 g/mol. The predicted octanol–water partition coefficient (Wildman–Crippen LogP) is 4.63. The lowest BCUT2D eigenvalue weighted by Gasteiger charge is -2.23. The summed E-state index contributed by atoms with van der Waals surface area (Å²) in [6.07, 6.45) is 7.50. The van der Waals surface area contributed by atoms with Crippen molar-refractivity contribution in [3.05, 3.63) is 109 Å². The van der Waals surface area contributed by atoms with Gasteiger partial charge in [0.1, 0.15) is 12.2 Å². The molecule has 0 aliphatic carbocycles. The molecule has 0 radical (unpaired) electrons. The number of hydrogen-bond acceptors (Lipinski definition) is 4. The molecule has 2 rings (SSSR count). The normalized spacial score (nSPS) is 13.5. The monoisotopic (exact) mass is 378 g/mol. The fourth-order valence-electron chi connectivity index (χ4n) is 2.48. The number of ether oxygens (including phenoxy) is 3. The Labute approximate surface area is 166 Å². The van der Waals surface area contributed by atoms with E-state index in [1.807, 2.05) is 66.7 Å². The topological polar surface area (TPSA) is 44.8 Å². The van der Waals surface area contributed by atoms with Crippen LogP contribution in [0.25, 0.3) is 0 Å². The second-order valence-corrected chi connectivity index (χ2v) is 6.03. The number of carbonyl (C=O) groups excluding carboxylic acids is 1. The van der Waals surface area contributed by atoms with E-state index >= 15 is 0 Å². The molecule has 0 N–H and O–H groups in total. The van der Waals surface area contributed by atoms with Gasteiger partial charge in [0.15, 0.2) is 0 Å². The minimum Gasteiger partial charge on any atom is -0.466 e. The van der Waals surface area contributed by atoms with Crippen LogP contribution in [0.15, 0.2) is 97.6 Å². The van der Waals surface area contributed by atoms with Crippen LogP contribution in [-0.2, 0) is 32.2 Å². The van der Waals surface area contributed by atoms with E-state index in [0.29, 0.717) is 13.2 Å². The molecule has 0 amide bonds. The Kier molecular flexibility index (Phi) is 9.49. The number of methoxy groups -OCH3 is 1. The summed E-state index contributed by atoms with van der Waals surface area (Å²) in [7, 11) is 1.34. The molecular weight excluding hydrogens is 352 g/mol. The second kappa shape index (κ2) is 12.4. The van der Waals surface area contributed by atoms with E-state index in [-0.39, 0.29) is 0 Å². The lowest BCUT2D eigenvalue weighted by Crippen LogP contribution is -2.28. The summed E-state index contributed by atoms with van der Waals surface area (Å²) in [4.78, 5) is 11.6. The van der Waals surface area contributed by atoms with Crippen LogP contribution >= 0.6 is 0 Å². The Bertz CT molecular complexity index is 766. The molecule has 2 aromatic rings. The summed E-state index contributed by atoms with van der Waals surface area (Å²) in [5.41, 5.74) is 2.09. The van der Waals surface area contributed by atoms with Crippen molar-refractivity contribution in [3.63, 3.8) is 0 Å². The molecule has 2 aromatic carbocycles. The molecule has 0 saturated heterocycles. The van der Waals surface area contributed by atoms with Gasteiger partial charge in [0.05, 0.1) is 20.3 Å². The number of esters is 1. The van der Waals surface area contributed by atoms with E-state index in [1.54, 1.807) is 18.2 Å². The molecule has 0 bridgehead atoms. The van der Waals surface area contributed by atoms with Crippen LogP contribution in [0.1, 0.15) is 11.1 Å². The third-order valence-electron chi connectivity index (χ3n) is 3.95. The summed E-state index contributed by atoms with van der Waals surface area (Å²) in [5.74, 6) is -0.442. The average Bonchev–Trinajstić information content (AvgIpc) is 2.75. The van der Waals surface area contributed by atoms with E-state index in [2.05, 4.69) is 6.58 Å². The predicted molar refractivity (Wildman–Crippen MR) is 111 cm³/mol. The Hall–Kier alpha value is -2.95. The molecule has 0 heterocycles. The zero-order valence-electron chi connectivity index (χ0n) is 16.1. The maximum atomic E-state index is 11.6. The Balaban J connectivity index is 2.14. The van der Waals surface area contributed by atoms with Crippen molar-refractivity contribution >= 4 is 5.97 Å². The molecule has 4 nitrogen and oxygen atoms in total. The van der Waals surface area contributed by atoms with Crippen molar-refractivity contribution in [3.8, 4) is 0 Å². The highest BCUT2D eigenvalue weighted by Crippen LogP contribution is 2.15. The molecule has 0 saturated carbocycles. The highest BCUT2D eigenvalue weighted by atomic mass is 16.5. The maximum absolute atomic E-state index is 11.6. The minimum atomic E-state index is -0.473. The number of carbonyl (C=O) groups is 1. The van der Waals surface area contributed by atoms with Crippen LogP contribution in [0, 0.1) is 0 Å². The molecule has 0 unspecified atom stereocenters. The molecule has 0 aromatic heterocycles. The van der Waals surface area contributed by atoms with E-state index in [4.69, 9.17) is 14.2 Å². The van der Waals surface area contributed by atoms with Gasteiger partial charge in [0, 0.05) is 6.08 Å². The van der Waals surface area contributed by atoms with Gasteiger partial charge >= 0.3 is 5.97 Å². The van der Waals surface area contributed by atoms with Crippen LogP contribution in [0.2, 0.25) is 0 Å². The molecule has 4 heteroatoms. The van der Waals surface area contributed by atoms with Crippen molar-refractivity contribution < 1.29 is 19.0 Å². The fraction of sp³-hybridized carbons (Fsp3) is 0.208. The zero-order chi connectivity index (χ0) is 20.0. The Morgan fingerprint density at radius 1 is 0.893 bits per heavy atom. The van der Waals surface area contributed by atoms with Crippen molar-refractivity contribution in [2.24, 2.45) is 0 Å². The summed E-state index contributed by atoms with van der Waals surface area (Å²) in [6.45, 7) is 4.53. The molecule has 0 aliphatic heterocycles. The third kappa shape index (κ3) is 7.74. The van der Waals surface area contributed by atoms with Crippen molar-refractivity contribution in [2.75, 3.05) is 7.11 Å². The number of benzene rings is 2. The van der Waals surface area contributed by atoms with Gasteiger partial charge in [-0.1, -0.05) is 85.5 Å². The molecule has 28 heavy (non-hydrogen) atoms. The molecule has 0 fully saturated rings. The first-order valence-corrected chi connectivity index (χ1v) is 9.09. The summed E-state index contributed by atoms with van der Waals surface area (Å²) < 4.78 is 16.8. The number of allylic oxidation sites excluding steroid dienone is 2. The molecule has 0 spiro atoms. The van der Waals surface area contributed by atoms with E-state index in [0.717, 1.165) is 11.1 Å². The smallest absolute Gasteiger partial charge is 0.330 e. The highest BCUT2D eigenvalue weighted by molar-refractivity contribution is 5.81. The Morgan fingerprint density at radius 2 is 1.39 bits per heavy atom. The second-order valence-electron chi connectivity index (χ2n) is 6.03. The largest absolute Gasteiger partial charge is 0.466 e. The lowest BCUT2D eigenvalue weighted by molar-refractivity contribution is -0.135. The first-order valence-electron chi connectivity index (χ1n) is 9.09. The molecular formula is C24H26O4. The first-order chi connectivity index (χ1) is 13.7. The fourth-order valence-corrected chi connectivity index (χ4v) is 2.48. The summed E-state index contributed by atoms with van der Waals surface area (Å²) >= 11 is 0. The standard InChI is InChI=1S/C24H26O4/c1-3-4-15-22(27-18-20-11-7-5-8-12-20)23(16-17-24(25)26-2)28-19-21-13-9-6-10-14-21/h3-17,22-23H,1,18-19H2,2H3/b15-4+,17-16+/t22-,23+/m1/s1. The van der Waals surface area contributed by atoms with Crippen molar-refractivity contribution in [2.45, 2.75) is 25.4 Å². The molecule has 146 valence electrons. The van der Waals surface area contributed by atoms with Gasteiger partial charge in [-0.05, 0) is 17.2 Å². The van der Waals surface area contributed by atoms with Gasteiger partial charge in [-0.25, -0.2) is 4.79 Å². The van der Waals surface area contributed by atoms with Crippen LogP contribution in [0.4, 0.5) is 0 Å². The quantitative estimate of drug-likeness (QED) is 0.325. The van der Waals surface area contributed by atoms with E-state index in [9.17, 15) is 4.79 Å². The van der Waals surface area contributed by atoms with Gasteiger partial charge in [0.2, 0.25) is 0 Å². The third-order valence-corrected chi connectivity index (χ3v) is 3.95. The van der Waals surface area contributed by atoms with Gasteiger partial charge in [0.25, 0.3) is 0 Å². The van der Waals surface area contributed by atoms with Crippen molar-refractivity contribution in [1.29, 1.82) is 0 Å². The van der Waals surface area contributed by atoms with Crippen LogP contribution in [-0.4, -0.2) is 25.3 Å². The van der Waals surface area contributed by atoms with Crippen LogP contribution in [0.3, 0.4) is 0 Å². The van der Waals surface area contributed by atoms with E-state index < -0.39 is 18.2 Å². The Morgan fingerprint density at radius 3 is 1.86 bits per heavy atom. The minimum absolute atomic E-state index is 0.393. The first kappa shape index (κ1) is 21.4. The van der Waals surface area contributed by atoms with Gasteiger partial charge in [-0.2, -0.15) is 0 Å². The summed E-state index contributed by atoms with van der Waals surface area (Å²) in [6, 6.07) is 19.7. The SMILES string of the molecule is C=C/C=C/[C@@H](OCc1ccccc1)[C@H](/C=C/C(=O)OC)OCc1ccccc1. The van der Waals surface area contributed by atoms with Crippen LogP contribution < -0.4 is 0 Å². The number of rotatable bonds is 11. The highest BCUT2D eigenvalue weighted by Gasteiger charge is 2.19. The van der Waals surface area contributed by atoms with E-state index in [1.165, 1.54) is 13.2 Å². The van der Waals surface area contributed by atoms with Gasteiger partial charge in [-0.3, -0.25) is 0 Å². The van der Waals surface area contributed by atoms with Gasteiger partial charge < -0.3 is 14.2 Å². The van der Waals surface area contributed by atoms with Crippen LogP contribution in [0.5, 0.6) is 0 Å². The summed E-state index contributed by atoms with van der Waals surface area (Å²) in [5, 5.41) is 0. The van der Waals surface area contributed by atoms with Crippen molar-refractivity contribution in [1.82, 2.24) is 0 Å². The molecule has 0 aliphatic rings. The zero-order valence-corrected chi connectivity index (χ0v) is 16.1. The van der Waals surface area contributed by atoms with Gasteiger partial charge in [-0.15, -0.1) is 0 Å². The number of hydrogen-bond donors (Lipinski definition) is 0. The lowest BCUT2D eigenvalue weighted by atomic mass is 10.1.